The molecule has 1 saturated heterocycles. The second-order valence-corrected chi connectivity index (χ2v) is 12.0. The fraction of sp³-hybridized carbons (Fsp3) is 0.481. The Morgan fingerprint density at radius 2 is 1.82 bits per heavy atom. The maximum Gasteiger partial charge on any atom is 0.306 e. The van der Waals surface area contributed by atoms with Crippen LogP contribution in [0.25, 0.3) is 5.00 Å². The van der Waals surface area contributed by atoms with Gasteiger partial charge in [-0.2, -0.15) is 0 Å². The van der Waals surface area contributed by atoms with Crippen molar-refractivity contribution in [3.05, 3.63) is 62.2 Å². The summed E-state index contributed by atoms with van der Waals surface area (Å²) in [6.07, 6.45) is 5.49. The van der Waals surface area contributed by atoms with Crippen LogP contribution in [0.1, 0.15) is 72.2 Å². The molecule has 2 aliphatic rings. The fourth-order valence-corrected chi connectivity index (χ4v) is 6.33. The smallest absolute Gasteiger partial charge is 0.306 e. The third-order valence-electron chi connectivity index (χ3n) is 7.35. The molecule has 0 saturated carbocycles. The van der Waals surface area contributed by atoms with Crippen molar-refractivity contribution in [3.8, 4) is 5.00 Å². The quantitative estimate of drug-likeness (QED) is 0.389. The van der Waals surface area contributed by atoms with Gasteiger partial charge in [-0.15, -0.1) is 31.7 Å². The summed E-state index contributed by atoms with van der Waals surface area (Å²) in [5.41, 5.74) is 4.14. The lowest BCUT2D eigenvalue weighted by Gasteiger charge is -2.28. The number of carboxylic acids is 1. The molecule has 3 aromatic rings. The molecule has 1 N–H and O–H groups in total. The van der Waals surface area contributed by atoms with Gasteiger partial charge in [0, 0.05) is 15.5 Å². The zero-order valence-corrected chi connectivity index (χ0v) is 24.3. The largest absolute Gasteiger partial charge is 0.481 e. The molecule has 0 aliphatic carbocycles. The lowest BCUT2D eigenvalue weighted by Crippen LogP contribution is -2.35. The van der Waals surface area contributed by atoms with E-state index in [1.165, 1.54) is 10.4 Å². The molecule has 0 amide bonds. The van der Waals surface area contributed by atoms with Crippen LogP contribution in [0.2, 0.25) is 0 Å². The summed E-state index contributed by atoms with van der Waals surface area (Å²) < 4.78 is 8.15. The number of aryl methyl sites for hydroxylation is 2. The molecule has 0 aromatic carbocycles. The Kier molecular flexibility index (Phi) is 7.84. The van der Waals surface area contributed by atoms with Gasteiger partial charge in [0.1, 0.15) is 16.9 Å². The van der Waals surface area contributed by atoms with E-state index in [-0.39, 0.29) is 12.0 Å². The number of thiophene rings is 1. The maximum atomic E-state index is 11.3. The van der Waals surface area contributed by atoms with Crippen LogP contribution < -0.4 is 0 Å². The van der Waals surface area contributed by atoms with E-state index in [1.54, 1.807) is 11.3 Å². The van der Waals surface area contributed by atoms with Crippen molar-refractivity contribution in [2.45, 2.75) is 66.5 Å². The van der Waals surface area contributed by atoms with Crippen molar-refractivity contribution in [1.82, 2.24) is 29.9 Å². The number of carboxylic acid groups (broad SMARTS) is 1. The third-order valence-corrected chi connectivity index (χ3v) is 8.67. The van der Waals surface area contributed by atoms with E-state index in [1.807, 2.05) is 32.9 Å². The number of piperidine rings is 1. The summed E-state index contributed by atoms with van der Waals surface area (Å²) in [4.78, 5) is 19.9. The number of likely N-dealkylation sites (tertiary alicyclic amines) is 1. The zero-order chi connectivity index (χ0) is 27.8. The Morgan fingerprint density at radius 1 is 1.10 bits per heavy atom. The van der Waals surface area contributed by atoms with Gasteiger partial charge in [-0.1, -0.05) is 17.7 Å². The second-order valence-electron chi connectivity index (χ2n) is 10.2. The van der Waals surface area contributed by atoms with Crippen LogP contribution >= 0.6 is 22.9 Å². The van der Waals surface area contributed by atoms with Crippen molar-refractivity contribution in [3.63, 3.8) is 0 Å². The second kappa shape index (κ2) is 11.1. The van der Waals surface area contributed by atoms with Crippen LogP contribution in [0, 0.1) is 26.7 Å². The molecule has 0 bridgehead atoms. The van der Waals surface area contributed by atoms with E-state index < -0.39 is 5.97 Å². The molecule has 0 radical (unpaired) electrons. The summed E-state index contributed by atoms with van der Waals surface area (Å²) >= 11 is 7.84. The van der Waals surface area contributed by atoms with Crippen molar-refractivity contribution in [2.24, 2.45) is 10.9 Å². The average molecular weight is 570 g/mol. The molecule has 39 heavy (non-hydrogen) atoms. The molecule has 1 atom stereocenters. The van der Waals surface area contributed by atoms with Crippen molar-refractivity contribution in [1.29, 1.82) is 0 Å². The number of nitrogens with zero attached hydrogens (tertiary/aromatic N) is 7. The predicted octanol–water partition coefficient (Wildman–Crippen LogP) is 5.11. The number of aliphatic carboxylic acids is 1. The first-order valence-corrected chi connectivity index (χ1v) is 14.2. The molecule has 206 valence electrons. The van der Waals surface area contributed by atoms with Gasteiger partial charge in [0.2, 0.25) is 11.8 Å². The van der Waals surface area contributed by atoms with Gasteiger partial charge in [0.25, 0.3) is 0 Å². The first-order chi connectivity index (χ1) is 18.6. The molecule has 2 aliphatic heterocycles. The lowest BCUT2D eigenvalue weighted by atomic mass is 9.97. The van der Waals surface area contributed by atoms with Crippen LogP contribution in [0.4, 0.5) is 0 Å². The SMILES string of the molecule is C/C(Cl)=C\C=C(/C)C1=N[C@@H](Cc2nnc(CN3CCC(C(=O)O)CC3)o2)c2nnc(C)n2-c2sc(C)c(C)c21. The molecule has 12 heteroatoms. The highest BCUT2D eigenvalue weighted by Crippen LogP contribution is 2.39. The predicted molar refractivity (Wildman–Crippen MR) is 150 cm³/mol. The van der Waals surface area contributed by atoms with Gasteiger partial charge in [0.15, 0.2) is 5.82 Å². The van der Waals surface area contributed by atoms with Gasteiger partial charge in [0.05, 0.1) is 24.6 Å². The van der Waals surface area contributed by atoms with Crippen molar-refractivity contribution < 1.29 is 14.3 Å². The van der Waals surface area contributed by atoms with Gasteiger partial charge in [-0.25, -0.2) is 0 Å². The third kappa shape index (κ3) is 5.61. The minimum Gasteiger partial charge on any atom is -0.481 e. The summed E-state index contributed by atoms with van der Waals surface area (Å²) in [5, 5.41) is 28.5. The monoisotopic (exact) mass is 569 g/mol. The van der Waals surface area contributed by atoms with Crippen molar-refractivity contribution >= 4 is 34.6 Å². The molecule has 0 unspecified atom stereocenters. The zero-order valence-electron chi connectivity index (χ0n) is 22.7. The van der Waals surface area contributed by atoms with Gasteiger partial charge >= 0.3 is 5.97 Å². The Morgan fingerprint density at radius 3 is 2.51 bits per heavy atom. The Labute approximate surface area is 236 Å². The molecule has 3 aromatic heterocycles. The molecule has 5 rings (SSSR count). The van der Waals surface area contributed by atoms with E-state index in [0.717, 1.165) is 33.5 Å². The number of aromatic nitrogens is 5. The summed E-state index contributed by atoms with van der Waals surface area (Å²) in [6, 6.07) is -0.385. The molecular formula is C27H32ClN7O3S. The standard InChI is InChI=1S/C27H32ClN7O3S/c1-14(6-7-15(2)28)24-23-16(3)17(4)39-26(23)35-18(5)30-33-25(35)20(29-24)12-21-31-32-22(38-21)13-34-10-8-19(9-11-34)27(36)37/h6-7,19-20H,8-13H2,1-5H3,(H,36,37)/b14-6+,15-7+/t20-/m0/s1. The molecular weight excluding hydrogens is 538 g/mol. The number of fused-ring (bicyclic) bond motifs is 3. The normalized spacial score (nSPS) is 19.0. The summed E-state index contributed by atoms with van der Waals surface area (Å²) in [7, 11) is 0. The summed E-state index contributed by atoms with van der Waals surface area (Å²) in [5.74, 6) is 1.51. The molecule has 10 nitrogen and oxygen atoms in total. The molecule has 1 fully saturated rings. The van der Waals surface area contributed by atoms with E-state index >= 15 is 0 Å². The van der Waals surface area contributed by atoms with E-state index in [9.17, 15) is 9.90 Å². The van der Waals surface area contributed by atoms with Crippen LogP contribution in [0.3, 0.4) is 0 Å². The number of hydrogen-bond donors (Lipinski definition) is 1. The van der Waals surface area contributed by atoms with Crippen LogP contribution in [-0.4, -0.2) is 59.7 Å². The Balaban J connectivity index is 1.46. The van der Waals surface area contributed by atoms with Crippen LogP contribution in [0.5, 0.6) is 0 Å². The topological polar surface area (TPSA) is 123 Å². The van der Waals surface area contributed by atoms with E-state index in [0.29, 0.717) is 55.7 Å². The fourth-order valence-electron chi connectivity index (χ4n) is 5.05. The molecule has 5 heterocycles. The number of carbonyl (C=O) groups is 1. The maximum absolute atomic E-state index is 11.3. The minimum atomic E-state index is -0.722. The Hall–Kier alpha value is -3.15. The first-order valence-electron chi connectivity index (χ1n) is 13.0. The van der Waals surface area contributed by atoms with Crippen LogP contribution in [-0.2, 0) is 17.8 Å². The number of aliphatic imine (C=N–C) groups is 1. The average Bonchev–Trinajstić information content (AvgIpc) is 3.55. The highest BCUT2D eigenvalue weighted by atomic mass is 35.5. The molecule has 0 spiro atoms. The van der Waals surface area contributed by atoms with Gasteiger partial charge in [-0.3, -0.25) is 19.3 Å². The first kappa shape index (κ1) is 27.4. The van der Waals surface area contributed by atoms with Crippen LogP contribution in [0.15, 0.2) is 32.2 Å². The summed E-state index contributed by atoms with van der Waals surface area (Å²) in [6.45, 7) is 12.0. The van der Waals surface area contributed by atoms with E-state index in [4.69, 9.17) is 21.0 Å². The number of hydrogen-bond acceptors (Lipinski definition) is 9. The lowest BCUT2D eigenvalue weighted by molar-refractivity contribution is -0.143. The van der Waals surface area contributed by atoms with E-state index in [2.05, 4.69) is 43.7 Å². The van der Waals surface area contributed by atoms with Gasteiger partial charge < -0.3 is 9.52 Å². The number of allylic oxidation sites excluding steroid dienone is 4. The highest BCUT2D eigenvalue weighted by Gasteiger charge is 2.32. The minimum absolute atomic E-state index is 0.278. The number of halogens is 1. The van der Waals surface area contributed by atoms with Gasteiger partial charge in [-0.05, 0) is 77.8 Å². The highest BCUT2D eigenvalue weighted by molar-refractivity contribution is 7.15. The van der Waals surface area contributed by atoms with Crippen molar-refractivity contribution in [2.75, 3.05) is 13.1 Å². The number of rotatable bonds is 7. The Bertz CT molecular complexity index is 1490.